The maximum absolute atomic E-state index is 12.6. The number of benzene rings is 2. The largest absolute Gasteiger partial charge is 0.495 e. The van der Waals surface area contributed by atoms with Crippen LogP contribution in [0.15, 0.2) is 65.3 Å². The number of ether oxygens (including phenoxy) is 1. The summed E-state index contributed by atoms with van der Waals surface area (Å²) in [5.41, 5.74) is 4.37. The monoisotopic (exact) mass is 402 g/mol. The number of hydrogen-bond acceptors (Lipinski definition) is 5. The van der Waals surface area contributed by atoms with Crippen molar-refractivity contribution >= 4 is 11.6 Å². The molecule has 4 rings (SSSR count). The maximum atomic E-state index is 12.6. The summed E-state index contributed by atoms with van der Waals surface area (Å²) in [5.74, 6) is 1.29. The van der Waals surface area contributed by atoms with Crippen molar-refractivity contribution in [3.8, 4) is 28.7 Å². The van der Waals surface area contributed by atoms with Crippen molar-refractivity contribution in [2.45, 2.75) is 20.4 Å². The molecule has 0 aliphatic carbocycles. The van der Waals surface area contributed by atoms with E-state index in [1.165, 1.54) is 0 Å². The first-order chi connectivity index (χ1) is 14.5. The van der Waals surface area contributed by atoms with Crippen LogP contribution in [0.1, 0.15) is 11.1 Å². The number of nitrogens with one attached hydrogen (secondary N) is 1. The van der Waals surface area contributed by atoms with Crippen LogP contribution in [-0.2, 0) is 11.3 Å². The molecule has 7 nitrogen and oxygen atoms in total. The number of aryl methyl sites for hydroxylation is 2. The third-order valence-electron chi connectivity index (χ3n) is 4.73. The minimum Gasteiger partial charge on any atom is -0.495 e. The van der Waals surface area contributed by atoms with Crippen LogP contribution < -0.4 is 10.1 Å². The molecule has 30 heavy (non-hydrogen) atoms. The van der Waals surface area contributed by atoms with Gasteiger partial charge in [-0.2, -0.15) is 4.98 Å². The molecule has 0 radical (unpaired) electrons. The molecule has 0 bridgehead atoms. The second kappa shape index (κ2) is 8.24. The fraction of sp³-hybridized carbons (Fsp3) is 0.174. The molecule has 0 spiro atoms. The standard InChI is InChI=1S/C23H22N4O3/c1-15-6-9-17(10-7-15)22-25-23(30-26-22)19-5-4-12-27(19)14-21(28)24-18-13-16(2)8-11-20(18)29-3/h4-13H,14H2,1-3H3,(H,24,28). The van der Waals surface area contributed by atoms with Gasteiger partial charge in [-0.1, -0.05) is 41.1 Å². The van der Waals surface area contributed by atoms with Gasteiger partial charge < -0.3 is 19.1 Å². The summed E-state index contributed by atoms with van der Waals surface area (Å²) in [7, 11) is 1.57. The summed E-state index contributed by atoms with van der Waals surface area (Å²) in [5, 5.41) is 6.98. The lowest BCUT2D eigenvalue weighted by atomic mass is 10.1. The lowest BCUT2D eigenvalue weighted by Crippen LogP contribution is -2.19. The molecule has 152 valence electrons. The molecular formula is C23H22N4O3. The van der Waals surface area contributed by atoms with E-state index < -0.39 is 0 Å². The molecule has 0 saturated heterocycles. The maximum Gasteiger partial charge on any atom is 0.274 e. The molecule has 7 heteroatoms. The van der Waals surface area contributed by atoms with Gasteiger partial charge in [0.15, 0.2) is 0 Å². The van der Waals surface area contributed by atoms with E-state index in [0.29, 0.717) is 28.8 Å². The van der Waals surface area contributed by atoms with E-state index in [4.69, 9.17) is 9.26 Å². The summed E-state index contributed by atoms with van der Waals surface area (Å²) in [6, 6.07) is 17.2. The van der Waals surface area contributed by atoms with Crippen LogP contribution in [0, 0.1) is 13.8 Å². The first-order valence-electron chi connectivity index (χ1n) is 9.54. The predicted octanol–water partition coefficient (Wildman–Crippen LogP) is 4.47. The molecule has 1 N–H and O–H groups in total. The highest BCUT2D eigenvalue weighted by molar-refractivity contribution is 5.92. The van der Waals surface area contributed by atoms with Crippen LogP contribution in [0.25, 0.3) is 23.0 Å². The van der Waals surface area contributed by atoms with E-state index >= 15 is 0 Å². The SMILES string of the molecule is COc1ccc(C)cc1NC(=O)Cn1cccc1-c1nc(-c2ccc(C)cc2)no1. The highest BCUT2D eigenvalue weighted by Crippen LogP contribution is 2.26. The van der Waals surface area contributed by atoms with Gasteiger partial charge in [0.2, 0.25) is 11.7 Å². The number of anilines is 1. The van der Waals surface area contributed by atoms with Gasteiger partial charge in [0.1, 0.15) is 18.0 Å². The Morgan fingerprint density at radius 1 is 1.10 bits per heavy atom. The lowest BCUT2D eigenvalue weighted by molar-refractivity contribution is -0.116. The Morgan fingerprint density at radius 2 is 1.87 bits per heavy atom. The second-order valence-corrected chi connectivity index (χ2v) is 7.06. The van der Waals surface area contributed by atoms with Crippen molar-refractivity contribution < 1.29 is 14.1 Å². The molecule has 2 heterocycles. The normalized spacial score (nSPS) is 10.8. The Bertz CT molecular complexity index is 1180. The van der Waals surface area contributed by atoms with Crippen molar-refractivity contribution in [2.24, 2.45) is 0 Å². The lowest BCUT2D eigenvalue weighted by Gasteiger charge is -2.12. The molecule has 1 amide bonds. The average Bonchev–Trinajstić information content (AvgIpc) is 3.38. The Morgan fingerprint density at radius 3 is 2.63 bits per heavy atom. The third kappa shape index (κ3) is 4.10. The fourth-order valence-corrected chi connectivity index (χ4v) is 3.16. The molecule has 0 aliphatic rings. The van der Waals surface area contributed by atoms with Crippen molar-refractivity contribution in [3.63, 3.8) is 0 Å². The first-order valence-corrected chi connectivity index (χ1v) is 9.54. The molecule has 0 aliphatic heterocycles. The molecule has 2 aromatic heterocycles. The Balaban J connectivity index is 1.52. The highest BCUT2D eigenvalue weighted by atomic mass is 16.5. The van der Waals surface area contributed by atoms with E-state index in [2.05, 4.69) is 15.5 Å². The van der Waals surface area contributed by atoms with Gasteiger partial charge in [-0.15, -0.1) is 0 Å². The van der Waals surface area contributed by atoms with Crippen LogP contribution >= 0.6 is 0 Å². The third-order valence-corrected chi connectivity index (χ3v) is 4.73. The van der Waals surface area contributed by atoms with Crippen LogP contribution in [0.4, 0.5) is 5.69 Å². The fourth-order valence-electron chi connectivity index (χ4n) is 3.16. The van der Waals surface area contributed by atoms with Crippen molar-refractivity contribution in [1.29, 1.82) is 0 Å². The predicted molar refractivity (Wildman–Crippen MR) is 114 cm³/mol. The highest BCUT2D eigenvalue weighted by Gasteiger charge is 2.16. The minimum absolute atomic E-state index is 0.0989. The van der Waals surface area contributed by atoms with Crippen LogP contribution in [0.3, 0.4) is 0 Å². The quantitative estimate of drug-likeness (QED) is 0.515. The van der Waals surface area contributed by atoms with Gasteiger partial charge >= 0.3 is 0 Å². The van der Waals surface area contributed by atoms with Crippen molar-refractivity contribution in [2.75, 3.05) is 12.4 Å². The van der Waals surface area contributed by atoms with Gasteiger partial charge in [-0.3, -0.25) is 4.79 Å². The van der Waals surface area contributed by atoms with Gasteiger partial charge in [0.25, 0.3) is 5.89 Å². The number of methoxy groups -OCH3 is 1. The molecule has 0 fully saturated rings. The molecule has 0 saturated carbocycles. The van der Waals surface area contributed by atoms with Crippen molar-refractivity contribution in [1.82, 2.24) is 14.7 Å². The van der Waals surface area contributed by atoms with E-state index in [1.807, 2.05) is 68.4 Å². The number of carbonyl (C=O) groups is 1. The first kappa shape index (κ1) is 19.4. The van der Waals surface area contributed by atoms with E-state index in [9.17, 15) is 4.79 Å². The Labute approximate surface area is 174 Å². The number of rotatable bonds is 6. The van der Waals surface area contributed by atoms with Gasteiger partial charge in [-0.25, -0.2) is 0 Å². The Kier molecular flexibility index (Phi) is 5.34. The summed E-state index contributed by atoms with van der Waals surface area (Å²) in [6.45, 7) is 4.08. The number of carbonyl (C=O) groups excluding carboxylic acids is 1. The van der Waals surface area contributed by atoms with Gasteiger partial charge in [0, 0.05) is 11.8 Å². The average molecular weight is 402 g/mol. The summed E-state index contributed by atoms with van der Waals surface area (Å²) < 4.78 is 12.5. The molecule has 4 aromatic rings. The number of amides is 1. The Hall–Kier alpha value is -3.87. The van der Waals surface area contributed by atoms with E-state index in [1.54, 1.807) is 17.9 Å². The molecular weight excluding hydrogens is 380 g/mol. The number of aromatic nitrogens is 3. The summed E-state index contributed by atoms with van der Waals surface area (Å²) >= 11 is 0. The van der Waals surface area contributed by atoms with Gasteiger partial charge in [-0.05, 0) is 43.7 Å². The zero-order chi connectivity index (χ0) is 21.1. The number of hydrogen-bond donors (Lipinski definition) is 1. The zero-order valence-electron chi connectivity index (χ0n) is 17.0. The van der Waals surface area contributed by atoms with Crippen LogP contribution in [0.2, 0.25) is 0 Å². The minimum atomic E-state index is -0.186. The molecule has 2 aromatic carbocycles. The zero-order valence-corrected chi connectivity index (χ0v) is 17.0. The van der Waals surface area contributed by atoms with Crippen LogP contribution in [0.5, 0.6) is 5.75 Å². The molecule has 0 atom stereocenters. The summed E-state index contributed by atoms with van der Waals surface area (Å²) in [6.07, 6.45) is 1.80. The smallest absolute Gasteiger partial charge is 0.274 e. The van der Waals surface area contributed by atoms with E-state index in [-0.39, 0.29) is 12.5 Å². The van der Waals surface area contributed by atoms with Crippen LogP contribution in [-0.4, -0.2) is 27.7 Å². The summed E-state index contributed by atoms with van der Waals surface area (Å²) in [4.78, 5) is 17.1. The molecule has 0 unspecified atom stereocenters. The van der Waals surface area contributed by atoms with Gasteiger partial charge in [0.05, 0.1) is 12.8 Å². The topological polar surface area (TPSA) is 82.2 Å². The number of nitrogens with zero attached hydrogens (tertiary/aromatic N) is 3. The van der Waals surface area contributed by atoms with E-state index in [0.717, 1.165) is 16.7 Å². The van der Waals surface area contributed by atoms with Crippen molar-refractivity contribution in [3.05, 3.63) is 71.9 Å². The second-order valence-electron chi connectivity index (χ2n) is 7.06.